The van der Waals surface area contributed by atoms with Crippen LogP contribution in [0.15, 0.2) is 24.7 Å². The Hall–Kier alpha value is -1.58. The van der Waals surface area contributed by atoms with Crippen molar-refractivity contribution >= 4 is 0 Å². The maximum absolute atomic E-state index is 4.45. The molecule has 0 aliphatic carbocycles. The summed E-state index contributed by atoms with van der Waals surface area (Å²) in [6.07, 6.45) is 5.68. The van der Waals surface area contributed by atoms with E-state index in [1.807, 2.05) is 34.8 Å². The SMILES string of the molecule is CC(C)n1ccc(-c2nccn2C)n1. The van der Waals surface area contributed by atoms with Crippen molar-refractivity contribution in [1.82, 2.24) is 19.3 Å². The minimum Gasteiger partial charge on any atom is -0.333 e. The third-order valence-electron chi connectivity index (χ3n) is 2.19. The summed E-state index contributed by atoms with van der Waals surface area (Å²) >= 11 is 0. The molecule has 0 saturated carbocycles. The average molecular weight is 190 g/mol. The van der Waals surface area contributed by atoms with Crippen LogP contribution in [0.5, 0.6) is 0 Å². The van der Waals surface area contributed by atoms with Gasteiger partial charge in [-0.3, -0.25) is 4.68 Å². The van der Waals surface area contributed by atoms with E-state index in [2.05, 4.69) is 23.9 Å². The summed E-state index contributed by atoms with van der Waals surface area (Å²) in [6, 6.07) is 2.38. The van der Waals surface area contributed by atoms with Gasteiger partial charge in [0.1, 0.15) is 5.69 Å². The van der Waals surface area contributed by atoms with Crippen molar-refractivity contribution in [3.63, 3.8) is 0 Å². The normalized spacial score (nSPS) is 11.1. The van der Waals surface area contributed by atoms with E-state index in [0.29, 0.717) is 6.04 Å². The molecule has 0 atom stereocenters. The number of aryl methyl sites for hydroxylation is 1. The molecule has 0 fully saturated rings. The number of hydrogen-bond acceptors (Lipinski definition) is 2. The summed E-state index contributed by atoms with van der Waals surface area (Å²) in [5, 5.41) is 4.45. The van der Waals surface area contributed by atoms with Gasteiger partial charge in [0.05, 0.1) is 0 Å². The van der Waals surface area contributed by atoms with Crippen LogP contribution in [0.2, 0.25) is 0 Å². The third kappa shape index (κ3) is 1.43. The van der Waals surface area contributed by atoms with Crippen molar-refractivity contribution in [1.29, 1.82) is 0 Å². The van der Waals surface area contributed by atoms with Gasteiger partial charge in [-0.2, -0.15) is 5.10 Å². The van der Waals surface area contributed by atoms with Crippen molar-refractivity contribution in [2.45, 2.75) is 19.9 Å². The minimum atomic E-state index is 0.393. The van der Waals surface area contributed by atoms with Crippen LogP contribution >= 0.6 is 0 Å². The van der Waals surface area contributed by atoms with Crippen molar-refractivity contribution in [2.75, 3.05) is 0 Å². The van der Waals surface area contributed by atoms with E-state index in [4.69, 9.17) is 0 Å². The van der Waals surface area contributed by atoms with Gasteiger partial charge in [-0.05, 0) is 19.9 Å². The van der Waals surface area contributed by atoms with Crippen LogP contribution in [0.1, 0.15) is 19.9 Å². The molecule has 2 aromatic heterocycles. The maximum atomic E-state index is 4.45. The molecule has 0 N–H and O–H groups in total. The van der Waals surface area contributed by atoms with E-state index >= 15 is 0 Å². The lowest BCUT2D eigenvalue weighted by Crippen LogP contribution is -2.01. The lowest BCUT2D eigenvalue weighted by Gasteiger charge is -2.03. The number of rotatable bonds is 2. The first-order valence-corrected chi connectivity index (χ1v) is 4.71. The first kappa shape index (κ1) is 8.99. The summed E-state index contributed by atoms with van der Waals surface area (Å²) in [4.78, 5) is 4.25. The molecule has 0 spiro atoms. The molecule has 2 heterocycles. The molecule has 0 bridgehead atoms. The minimum absolute atomic E-state index is 0.393. The van der Waals surface area contributed by atoms with Gasteiger partial charge in [0.15, 0.2) is 5.82 Å². The molecule has 0 saturated heterocycles. The summed E-state index contributed by atoms with van der Waals surface area (Å²) in [5.74, 6) is 0.907. The second-order valence-electron chi connectivity index (χ2n) is 3.64. The molecule has 4 nitrogen and oxygen atoms in total. The standard InChI is InChI=1S/C10H14N4/c1-8(2)14-6-4-9(12-14)10-11-5-7-13(10)3/h4-8H,1-3H3. The van der Waals surface area contributed by atoms with Crippen LogP contribution in [-0.2, 0) is 7.05 Å². The fourth-order valence-electron chi connectivity index (χ4n) is 1.36. The Balaban J connectivity index is 2.39. The van der Waals surface area contributed by atoms with E-state index < -0.39 is 0 Å². The lowest BCUT2D eigenvalue weighted by molar-refractivity contribution is 0.533. The smallest absolute Gasteiger partial charge is 0.160 e. The van der Waals surface area contributed by atoms with Crippen molar-refractivity contribution in [2.24, 2.45) is 7.05 Å². The average Bonchev–Trinajstić information content (AvgIpc) is 2.71. The summed E-state index contributed by atoms with van der Waals surface area (Å²) in [6.45, 7) is 4.21. The lowest BCUT2D eigenvalue weighted by atomic mass is 10.4. The van der Waals surface area contributed by atoms with Gasteiger partial charge in [-0.1, -0.05) is 0 Å². The van der Waals surface area contributed by atoms with Crippen molar-refractivity contribution in [3.8, 4) is 11.5 Å². The molecule has 0 aliphatic rings. The molecule has 0 amide bonds. The van der Waals surface area contributed by atoms with Crippen LogP contribution in [0.25, 0.3) is 11.5 Å². The monoisotopic (exact) mass is 190 g/mol. The van der Waals surface area contributed by atoms with Crippen LogP contribution in [0.3, 0.4) is 0 Å². The second-order valence-corrected chi connectivity index (χ2v) is 3.64. The van der Waals surface area contributed by atoms with Crippen LogP contribution < -0.4 is 0 Å². The van der Waals surface area contributed by atoms with Gasteiger partial charge in [0.25, 0.3) is 0 Å². The predicted octanol–water partition coefficient (Wildman–Crippen LogP) is 1.86. The Morgan fingerprint density at radius 1 is 1.29 bits per heavy atom. The Morgan fingerprint density at radius 2 is 2.07 bits per heavy atom. The first-order chi connectivity index (χ1) is 6.68. The Morgan fingerprint density at radius 3 is 2.57 bits per heavy atom. The highest BCUT2D eigenvalue weighted by Gasteiger charge is 2.07. The predicted molar refractivity (Wildman–Crippen MR) is 54.8 cm³/mol. The maximum Gasteiger partial charge on any atom is 0.160 e. The molecule has 14 heavy (non-hydrogen) atoms. The zero-order valence-corrected chi connectivity index (χ0v) is 8.68. The summed E-state index contributed by atoms with van der Waals surface area (Å²) in [7, 11) is 1.97. The first-order valence-electron chi connectivity index (χ1n) is 4.71. The fourth-order valence-corrected chi connectivity index (χ4v) is 1.36. The Labute approximate surface area is 83.2 Å². The molecule has 0 aromatic carbocycles. The van der Waals surface area contributed by atoms with E-state index in [1.165, 1.54) is 0 Å². The number of nitrogens with zero attached hydrogens (tertiary/aromatic N) is 4. The molecule has 4 heteroatoms. The zero-order chi connectivity index (χ0) is 10.1. The van der Waals surface area contributed by atoms with Gasteiger partial charge in [0, 0.05) is 31.7 Å². The van der Waals surface area contributed by atoms with Gasteiger partial charge >= 0.3 is 0 Å². The molecule has 0 radical (unpaired) electrons. The molecule has 2 aromatic rings. The highest BCUT2D eigenvalue weighted by molar-refractivity contribution is 5.48. The van der Waals surface area contributed by atoms with E-state index in [-0.39, 0.29) is 0 Å². The molecule has 2 rings (SSSR count). The van der Waals surface area contributed by atoms with E-state index in [0.717, 1.165) is 11.5 Å². The van der Waals surface area contributed by atoms with Crippen LogP contribution in [0, 0.1) is 0 Å². The van der Waals surface area contributed by atoms with Gasteiger partial charge in [-0.25, -0.2) is 4.98 Å². The molecular weight excluding hydrogens is 176 g/mol. The number of hydrogen-bond donors (Lipinski definition) is 0. The largest absolute Gasteiger partial charge is 0.333 e. The Kier molecular flexibility index (Phi) is 2.11. The molecule has 74 valence electrons. The topological polar surface area (TPSA) is 35.6 Å². The molecule has 0 unspecified atom stereocenters. The molecule has 0 aliphatic heterocycles. The highest BCUT2D eigenvalue weighted by Crippen LogP contribution is 2.15. The quantitative estimate of drug-likeness (QED) is 0.724. The summed E-state index contributed by atoms with van der Waals surface area (Å²) in [5.41, 5.74) is 0.922. The highest BCUT2D eigenvalue weighted by atomic mass is 15.3. The fraction of sp³-hybridized carbons (Fsp3) is 0.400. The van der Waals surface area contributed by atoms with Crippen LogP contribution in [-0.4, -0.2) is 19.3 Å². The number of imidazole rings is 1. The van der Waals surface area contributed by atoms with Crippen molar-refractivity contribution in [3.05, 3.63) is 24.7 Å². The number of aromatic nitrogens is 4. The zero-order valence-electron chi connectivity index (χ0n) is 8.68. The van der Waals surface area contributed by atoms with Gasteiger partial charge in [0.2, 0.25) is 0 Å². The molecular formula is C10H14N4. The van der Waals surface area contributed by atoms with Crippen LogP contribution in [0.4, 0.5) is 0 Å². The van der Waals surface area contributed by atoms with Gasteiger partial charge in [-0.15, -0.1) is 0 Å². The van der Waals surface area contributed by atoms with E-state index in [1.54, 1.807) is 6.20 Å². The van der Waals surface area contributed by atoms with E-state index in [9.17, 15) is 0 Å². The van der Waals surface area contributed by atoms with Gasteiger partial charge < -0.3 is 4.57 Å². The second kappa shape index (κ2) is 3.29. The summed E-state index contributed by atoms with van der Waals surface area (Å²) < 4.78 is 3.90. The third-order valence-corrected chi connectivity index (χ3v) is 2.19. The Bertz CT molecular complexity index is 425. The van der Waals surface area contributed by atoms with Crippen molar-refractivity contribution < 1.29 is 0 Å².